The lowest BCUT2D eigenvalue weighted by Crippen LogP contribution is -2.52. The van der Waals surface area contributed by atoms with E-state index in [1.165, 1.54) is 0 Å². The molecule has 2 aromatic rings. The Bertz CT molecular complexity index is 898. The minimum Gasteiger partial charge on any atom is -0.495 e. The van der Waals surface area contributed by atoms with Gasteiger partial charge in [-0.25, -0.2) is 4.79 Å². The van der Waals surface area contributed by atoms with Crippen LogP contribution in [0.5, 0.6) is 5.75 Å². The topological polar surface area (TPSA) is 60.5 Å². The number of carbonyl (C=O) groups is 1. The Balaban J connectivity index is 1.75. The van der Waals surface area contributed by atoms with Crippen LogP contribution in [0.25, 0.3) is 0 Å². The number of pyridine rings is 1. The quantitative estimate of drug-likeness (QED) is 0.805. The number of hydrogen-bond acceptors (Lipinski definition) is 4. The molecule has 146 valence electrons. The van der Waals surface area contributed by atoms with Crippen LogP contribution in [-0.4, -0.2) is 23.8 Å². The van der Waals surface area contributed by atoms with Crippen LogP contribution >= 0.6 is 0 Å². The second-order valence-corrected chi connectivity index (χ2v) is 7.97. The zero-order chi connectivity index (χ0) is 20.2. The third-order valence-electron chi connectivity index (χ3n) is 4.73. The number of aromatic nitrogens is 1. The van der Waals surface area contributed by atoms with Gasteiger partial charge in [-0.1, -0.05) is 24.0 Å². The van der Waals surface area contributed by atoms with E-state index < -0.39 is 5.60 Å². The van der Waals surface area contributed by atoms with E-state index in [2.05, 4.69) is 22.1 Å². The molecule has 0 spiro atoms. The fraction of sp³-hybridized carbons (Fsp3) is 0.391. The van der Waals surface area contributed by atoms with Crippen LogP contribution in [0.4, 0.5) is 4.79 Å². The molecular formula is C23H26N2O3. The van der Waals surface area contributed by atoms with Crippen molar-refractivity contribution in [3.05, 3.63) is 59.4 Å². The predicted molar refractivity (Wildman–Crippen MR) is 108 cm³/mol. The second kappa shape index (κ2) is 7.93. The molecular weight excluding hydrogens is 352 g/mol. The molecule has 0 unspecified atom stereocenters. The van der Waals surface area contributed by atoms with Crippen LogP contribution in [0, 0.1) is 11.8 Å². The number of hydrogen-bond donors (Lipinski definition) is 1. The summed E-state index contributed by atoms with van der Waals surface area (Å²) in [5.74, 6) is 6.94. The molecule has 0 saturated heterocycles. The molecule has 1 aromatic carbocycles. The summed E-state index contributed by atoms with van der Waals surface area (Å²) < 4.78 is 10.7. The van der Waals surface area contributed by atoms with Crippen LogP contribution in [-0.2, 0) is 10.3 Å². The van der Waals surface area contributed by atoms with E-state index in [1.54, 1.807) is 25.6 Å². The third kappa shape index (κ3) is 4.64. The Labute approximate surface area is 166 Å². The predicted octanol–water partition coefficient (Wildman–Crippen LogP) is 4.39. The van der Waals surface area contributed by atoms with E-state index in [4.69, 9.17) is 9.47 Å². The number of amides is 1. The number of nitrogens with zero attached hydrogens (tertiary/aromatic N) is 1. The van der Waals surface area contributed by atoms with E-state index in [0.29, 0.717) is 5.75 Å². The number of methoxy groups -OCH3 is 1. The van der Waals surface area contributed by atoms with E-state index >= 15 is 0 Å². The van der Waals surface area contributed by atoms with Gasteiger partial charge in [0.15, 0.2) is 0 Å². The van der Waals surface area contributed by atoms with Gasteiger partial charge in [0.1, 0.15) is 11.4 Å². The van der Waals surface area contributed by atoms with Gasteiger partial charge in [0.05, 0.1) is 18.2 Å². The minimum absolute atomic E-state index is 0.346. The smallest absolute Gasteiger partial charge is 0.408 e. The van der Waals surface area contributed by atoms with Crippen molar-refractivity contribution in [1.29, 1.82) is 0 Å². The van der Waals surface area contributed by atoms with Crippen molar-refractivity contribution >= 4 is 6.09 Å². The van der Waals surface area contributed by atoms with Crippen molar-refractivity contribution < 1.29 is 14.3 Å². The van der Waals surface area contributed by atoms with Gasteiger partial charge in [-0.15, -0.1) is 0 Å². The summed E-state index contributed by atoms with van der Waals surface area (Å²) in [5.41, 5.74) is 1.86. The van der Waals surface area contributed by atoms with Gasteiger partial charge in [-0.3, -0.25) is 4.98 Å². The number of benzene rings is 1. The Morgan fingerprint density at radius 2 is 1.86 bits per heavy atom. The zero-order valence-electron chi connectivity index (χ0n) is 16.8. The number of alkyl carbamates (subject to hydrolysis) is 1. The van der Waals surface area contributed by atoms with E-state index in [9.17, 15) is 4.79 Å². The third-order valence-corrected chi connectivity index (χ3v) is 4.73. The minimum atomic E-state index is -0.512. The maximum atomic E-state index is 12.3. The van der Waals surface area contributed by atoms with Crippen LogP contribution in [0.1, 0.15) is 56.7 Å². The molecule has 1 aliphatic carbocycles. The first-order valence-corrected chi connectivity index (χ1v) is 9.43. The van der Waals surface area contributed by atoms with E-state index in [1.807, 2.05) is 45.0 Å². The van der Waals surface area contributed by atoms with Gasteiger partial charge >= 0.3 is 6.09 Å². The largest absolute Gasteiger partial charge is 0.495 e. The normalized spacial score (nSPS) is 14.9. The van der Waals surface area contributed by atoms with Crippen molar-refractivity contribution in [2.45, 2.75) is 51.2 Å². The lowest BCUT2D eigenvalue weighted by molar-refractivity contribution is 0.0377. The standard InChI is InChI=1S/C23H26N2O3/c1-22(2,3)28-21(26)25-23(13-5-14-23)19-10-7-17(8-11-19)6-9-18-16-24-15-12-20(18)27-4/h7-8,10-12,15-16H,5,13-14H2,1-4H3,(H,25,26). The summed E-state index contributed by atoms with van der Waals surface area (Å²) in [6.07, 6.45) is 5.88. The number of carbonyl (C=O) groups excluding carboxylic acids is 1. The number of rotatable bonds is 3. The molecule has 1 aromatic heterocycles. The molecule has 0 bridgehead atoms. The molecule has 3 rings (SSSR count). The number of ether oxygens (including phenoxy) is 2. The van der Waals surface area contributed by atoms with Crippen LogP contribution in [0.15, 0.2) is 42.7 Å². The maximum absolute atomic E-state index is 12.3. The Morgan fingerprint density at radius 3 is 2.43 bits per heavy atom. The average Bonchev–Trinajstić information content (AvgIpc) is 2.62. The first kappa shape index (κ1) is 19.8. The van der Waals surface area contributed by atoms with Gasteiger partial charge in [-0.2, -0.15) is 0 Å². The van der Waals surface area contributed by atoms with Gasteiger partial charge in [0, 0.05) is 18.0 Å². The molecule has 1 fully saturated rings. The molecule has 0 aliphatic heterocycles. The van der Waals surface area contributed by atoms with Crippen molar-refractivity contribution in [2.24, 2.45) is 0 Å². The highest BCUT2D eigenvalue weighted by Gasteiger charge is 2.41. The summed E-state index contributed by atoms with van der Waals surface area (Å²) in [5, 5.41) is 3.07. The lowest BCUT2D eigenvalue weighted by Gasteiger charge is -2.43. The molecule has 5 nitrogen and oxygen atoms in total. The van der Waals surface area contributed by atoms with Crippen molar-refractivity contribution in [2.75, 3.05) is 7.11 Å². The molecule has 1 N–H and O–H groups in total. The van der Waals surface area contributed by atoms with Crippen LogP contribution in [0.3, 0.4) is 0 Å². The van der Waals surface area contributed by atoms with Crippen molar-refractivity contribution in [1.82, 2.24) is 10.3 Å². The van der Waals surface area contributed by atoms with Gasteiger partial charge in [-0.05, 0) is 63.8 Å². The first-order chi connectivity index (χ1) is 13.3. The monoisotopic (exact) mass is 378 g/mol. The molecule has 1 aliphatic rings. The lowest BCUT2D eigenvalue weighted by atomic mass is 9.72. The molecule has 0 atom stereocenters. The SMILES string of the molecule is COc1ccncc1C#Cc1ccc(C2(NC(=O)OC(C)(C)C)CCC2)cc1. The highest BCUT2D eigenvalue weighted by Crippen LogP contribution is 2.41. The first-order valence-electron chi connectivity index (χ1n) is 9.43. The summed E-state index contributed by atoms with van der Waals surface area (Å²) in [6.45, 7) is 5.60. The second-order valence-electron chi connectivity index (χ2n) is 7.97. The molecule has 0 radical (unpaired) electrons. The highest BCUT2D eigenvalue weighted by atomic mass is 16.6. The molecule has 1 heterocycles. The van der Waals surface area contributed by atoms with Gasteiger partial charge < -0.3 is 14.8 Å². The van der Waals surface area contributed by atoms with Crippen LogP contribution in [0.2, 0.25) is 0 Å². The molecule has 5 heteroatoms. The van der Waals surface area contributed by atoms with Gasteiger partial charge in [0.2, 0.25) is 0 Å². The summed E-state index contributed by atoms with van der Waals surface area (Å²) in [7, 11) is 1.62. The van der Waals surface area contributed by atoms with E-state index in [0.717, 1.165) is 36.0 Å². The summed E-state index contributed by atoms with van der Waals surface area (Å²) in [6, 6.07) is 9.79. The van der Waals surface area contributed by atoms with Crippen molar-refractivity contribution in [3.8, 4) is 17.6 Å². The Morgan fingerprint density at radius 1 is 1.14 bits per heavy atom. The molecule has 1 saturated carbocycles. The average molecular weight is 378 g/mol. The van der Waals surface area contributed by atoms with Crippen LogP contribution < -0.4 is 10.1 Å². The Kier molecular flexibility index (Phi) is 5.60. The highest BCUT2D eigenvalue weighted by molar-refractivity contribution is 5.69. The number of nitrogens with one attached hydrogen (secondary N) is 1. The maximum Gasteiger partial charge on any atom is 0.408 e. The van der Waals surface area contributed by atoms with E-state index in [-0.39, 0.29) is 11.6 Å². The fourth-order valence-electron chi connectivity index (χ4n) is 3.18. The Hall–Kier alpha value is -3.00. The molecule has 1 amide bonds. The summed E-state index contributed by atoms with van der Waals surface area (Å²) >= 11 is 0. The van der Waals surface area contributed by atoms with Crippen molar-refractivity contribution in [3.63, 3.8) is 0 Å². The summed E-state index contributed by atoms with van der Waals surface area (Å²) in [4.78, 5) is 16.3. The van der Waals surface area contributed by atoms with Gasteiger partial charge in [0.25, 0.3) is 0 Å². The zero-order valence-corrected chi connectivity index (χ0v) is 16.8. The fourth-order valence-corrected chi connectivity index (χ4v) is 3.18. The molecule has 28 heavy (non-hydrogen) atoms.